The number of carbonyl (C=O) groups excluding carboxylic acids is 1. The zero-order valence-corrected chi connectivity index (χ0v) is 12.2. The Labute approximate surface area is 130 Å². The highest BCUT2D eigenvalue weighted by atomic mass is 79.9. The van der Waals surface area contributed by atoms with E-state index in [1.165, 1.54) is 6.07 Å². The summed E-state index contributed by atoms with van der Waals surface area (Å²) in [6, 6.07) is 5.56. The predicted molar refractivity (Wildman–Crippen MR) is 73.5 cm³/mol. The van der Waals surface area contributed by atoms with Gasteiger partial charge in [-0.2, -0.15) is 13.2 Å². The van der Waals surface area contributed by atoms with Crippen LogP contribution in [0.1, 0.15) is 21.6 Å². The number of halogens is 4. The first-order chi connectivity index (χ1) is 10.2. The Balaban J connectivity index is 2.64. The molecule has 0 atom stereocenters. The number of nitrogens with zero attached hydrogens (tertiary/aromatic N) is 2. The van der Waals surface area contributed by atoms with E-state index in [1.807, 2.05) is 0 Å². The quantitative estimate of drug-likeness (QED) is 0.462. The summed E-state index contributed by atoms with van der Waals surface area (Å²) in [6.45, 7) is 0. The summed E-state index contributed by atoms with van der Waals surface area (Å²) in [5.41, 5.74) is -3.14. The summed E-state index contributed by atoms with van der Waals surface area (Å²) in [5.74, 6) is -1.12. The van der Waals surface area contributed by atoms with Gasteiger partial charge in [-0.1, -0.05) is 15.9 Å². The van der Waals surface area contributed by atoms with E-state index in [0.29, 0.717) is 4.47 Å². The fourth-order valence-corrected chi connectivity index (χ4v) is 2.17. The number of rotatable bonds is 3. The van der Waals surface area contributed by atoms with Gasteiger partial charge in [0.2, 0.25) is 5.78 Å². The van der Waals surface area contributed by atoms with Gasteiger partial charge < -0.3 is 0 Å². The van der Waals surface area contributed by atoms with Crippen LogP contribution in [-0.4, -0.2) is 15.7 Å². The van der Waals surface area contributed by atoms with Gasteiger partial charge in [0.1, 0.15) is 5.56 Å². The van der Waals surface area contributed by atoms with E-state index in [4.69, 9.17) is 0 Å². The van der Waals surface area contributed by atoms with Gasteiger partial charge in [-0.05, 0) is 24.3 Å². The summed E-state index contributed by atoms with van der Waals surface area (Å²) >= 11 is 3.03. The largest absolute Gasteiger partial charge is 0.434 e. The molecule has 0 N–H and O–H groups in total. The van der Waals surface area contributed by atoms with Crippen LogP contribution in [0.15, 0.2) is 41.0 Å². The minimum atomic E-state index is -4.84. The molecule has 0 aliphatic heterocycles. The minimum Gasteiger partial charge on any atom is -0.288 e. The maximum Gasteiger partial charge on any atom is 0.434 e. The highest BCUT2D eigenvalue weighted by Gasteiger charge is 2.38. The SMILES string of the molecule is O=C(c1cc(Br)ccc1[N+](=O)[O-])c1cccnc1C(F)(F)F. The monoisotopic (exact) mass is 374 g/mol. The first kappa shape index (κ1) is 16.1. The van der Waals surface area contributed by atoms with Gasteiger partial charge in [0.05, 0.1) is 10.5 Å². The van der Waals surface area contributed by atoms with Crippen LogP contribution in [0.3, 0.4) is 0 Å². The van der Waals surface area contributed by atoms with Gasteiger partial charge in [0.15, 0.2) is 5.69 Å². The number of carbonyl (C=O) groups is 1. The van der Waals surface area contributed by atoms with Crippen molar-refractivity contribution in [3.63, 3.8) is 0 Å². The Morgan fingerprint density at radius 3 is 2.50 bits per heavy atom. The number of nitro benzene ring substituents is 1. The Morgan fingerprint density at radius 1 is 1.23 bits per heavy atom. The number of alkyl halides is 3. The van der Waals surface area contributed by atoms with Crippen molar-refractivity contribution < 1.29 is 22.9 Å². The van der Waals surface area contributed by atoms with Crippen molar-refractivity contribution in [3.05, 3.63) is 67.9 Å². The van der Waals surface area contributed by atoms with Crippen LogP contribution in [0, 0.1) is 10.1 Å². The van der Waals surface area contributed by atoms with E-state index >= 15 is 0 Å². The van der Waals surface area contributed by atoms with Gasteiger partial charge in [0, 0.05) is 16.7 Å². The van der Waals surface area contributed by atoms with Gasteiger partial charge in [-0.25, -0.2) is 0 Å². The van der Waals surface area contributed by atoms with E-state index in [1.54, 1.807) is 0 Å². The standard InChI is InChI=1S/C13H6BrF3N2O3/c14-7-3-4-10(19(21)22)9(6-7)11(20)8-2-1-5-18-12(8)13(15,16)17/h1-6H. The summed E-state index contributed by atoms with van der Waals surface area (Å²) in [7, 11) is 0. The molecule has 0 amide bonds. The average molecular weight is 375 g/mol. The molecule has 0 bridgehead atoms. The second-order valence-electron chi connectivity index (χ2n) is 4.15. The summed E-state index contributed by atoms with van der Waals surface area (Å²) < 4.78 is 39.0. The second-order valence-corrected chi connectivity index (χ2v) is 5.06. The minimum absolute atomic E-state index is 0.332. The fraction of sp³-hybridized carbons (Fsp3) is 0.0769. The highest BCUT2D eigenvalue weighted by Crippen LogP contribution is 2.33. The van der Waals surface area contributed by atoms with Crippen LogP contribution in [0.2, 0.25) is 0 Å². The van der Waals surface area contributed by atoms with Crippen molar-refractivity contribution in [3.8, 4) is 0 Å². The van der Waals surface area contributed by atoms with Crippen molar-refractivity contribution in [2.24, 2.45) is 0 Å². The molecule has 0 radical (unpaired) electrons. The van der Waals surface area contributed by atoms with Crippen molar-refractivity contribution in [2.75, 3.05) is 0 Å². The maximum atomic E-state index is 12.9. The van der Waals surface area contributed by atoms with E-state index < -0.39 is 39.4 Å². The molecule has 0 unspecified atom stereocenters. The lowest BCUT2D eigenvalue weighted by Crippen LogP contribution is -2.16. The highest BCUT2D eigenvalue weighted by molar-refractivity contribution is 9.10. The third-order valence-electron chi connectivity index (χ3n) is 2.72. The predicted octanol–water partition coefficient (Wildman–Crippen LogP) is 4.00. The summed E-state index contributed by atoms with van der Waals surface area (Å²) in [5, 5.41) is 11.0. The van der Waals surface area contributed by atoms with Crippen molar-refractivity contribution in [1.29, 1.82) is 0 Å². The van der Waals surface area contributed by atoms with E-state index in [0.717, 1.165) is 30.5 Å². The molecule has 1 heterocycles. The van der Waals surface area contributed by atoms with Crippen molar-refractivity contribution in [1.82, 2.24) is 4.98 Å². The molecule has 1 aromatic heterocycles. The third kappa shape index (κ3) is 3.14. The van der Waals surface area contributed by atoms with Crippen LogP contribution >= 0.6 is 15.9 Å². The zero-order valence-electron chi connectivity index (χ0n) is 10.6. The Kier molecular flexibility index (Phi) is 4.27. The molecular weight excluding hydrogens is 369 g/mol. The number of benzene rings is 1. The first-order valence-corrected chi connectivity index (χ1v) is 6.52. The molecule has 1 aromatic carbocycles. The van der Waals surface area contributed by atoms with Crippen LogP contribution < -0.4 is 0 Å². The number of pyridine rings is 1. The van der Waals surface area contributed by atoms with Crippen LogP contribution in [0.25, 0.3) is 0 Å². The van der Waals surface area contributed by atoms with Crippen molar-refractivity contribution in [2.45, 2.75) is 6.18 Å². The lowest BCUT2D eigenvalue weighted by Gasteiger charge is -2.10. The molecule has 2 rings (SSSR count). The zero-order chi connectivity index (χ0) is 16.5. The normalized spacial score (nSPS) is 11.3. The van der Waals surface area contributed by atoms with Crippen LogP contribution in [0.5, 0.6) is 0 Å². The maximum absolute atomic E-state index is 12.9. The van der Waals surface area contributed by atoms with E-state index in [-0.39, 0.29) is 0 Å². The van der Waals surface area contributed by atoms with Crippen LogP contribution in [0.4, 0.5) is 18.9 Å². The Morgan fingerprint density at radius 2 is 1.91 bits per heavy atom. The number of hydrogen-bond acceptors (Lipinski definition) is 4. The van der Waals surface area contributed by atoms with Crippen LogP contribution in [-0.2, 0) is 6.18 Å². The smallest absolute Gasteiger partial charge is 0.288 e. The van der Waals surface area contributed by atoms with E-state index in [9.17, 15) is 28.1 Å². The first-order valence-electron chi connectivity index (χ1n) is 5.72. The van der Waals surface area contributed by atoms with E-state index in [2.05, 4.69) is 20.9 Å². The summed E-state index contributed by atoms with van der Waals surface area (Å²) in [6.07, 6.45) is -3.94. The molecule has 0 aliphatic rings. The fourth-order valence-electron chi connectivity index (χ4n) is 1.81. The van der Waals surface area contributed by atoms with Crippen molar-refractivity contribution >= 4 is 27.4 Å². The molecule has 0 saturated carbocycles. The number of aromatic nitrogens is 1. The Bertz CT molecular complexity index is 762. The Hall–Kier alpha value is -2.29. The third-order valence-corrected chi connectivity index (χ3v) is 3.21. The number of hydrogen-bond donors (Lipinski definition) is 0. The molecule has 5 nitrogen and oxygen atoms in total. The molecule has 0 fully saturated rings. The van der Waals surface area contributed by atoms with Gasteiger partial charge in [-0.15, -0.1) is 0 Å². The topological polar surface area (TPSA) is 73.1 Å². The number of nitro groups is 1. The molecule has 0 aliphatic carbocycles. The summed E-state index contributed by atoms with van der Waals surface area (Å²) in [4.78, 5) is 25.6. The molecule has 22 heavy (non-hydrogen) atoms. The molecule has 0 saturated heterocycles. The molecule has 9 heteroatoms. The second kappa shape index (κ2) is 5.84. The molecule has 0 spiro atoms. The van der Waals surface area contributed by atoms with Gasteiger partial charge >= 0.3 is 6.18 Å². The lowest BCUT2D eigenvalue weighted by molar-refractivity contribution is -0.385. The average Bonchev–Trinajstić information content (AvgIpc) is 2.45. The molecule has 114 valence electrons. The van der Waals surface area contributed by atoms with Gasteiger partial charge in [0.25, 0.3) is 5.69 Å². The number of ketones is 1. The molecule has 2 aromatic rings. The lowest BCUT2D eigenvalue weighted by atomic mass is 10.00. The van der Waals surface area contributed by atoms with Gasteiger partial charge in [-0.3, -0.25) is 19.9 Å². The molecular formula is C13H6BrF3N2O3.